The lowest BCUT2D eigenvalue weighted by Crippen LogP contribution is -2.04. The molecule has 2 nitrogen and oxygen atoms in total. The average Bonchev–Trinajstić information content (AvgIpc) is 2.43. The predicted molar refractivity (Wildman–Crippen MR) is 91.1 cm³/mol. The molecule has 0 radical (unpaired) electrons. The van der Waals surface area contributed by atoms with Crippen LogP contribution in [0.1, 0.15) is 16.7 Å². The zero-order valence-corrected chi connectivity index (χ0v) is 14.7. The van der Waals surface area contributed by atoms with Crippen LogP contribution in [0.2, 0.25) is 0 Å². The Morgan fingerprint density at radius 2 is 1.90 bits per heavy atom. The van der Waals surface area contributed by atoms with Crippen molar-refractivity contribution in [3.05, 3.63) is 62.0 Å². The van der Waals surface area contributed by atoms with Crippen molar-refractivity contribution in [1.82, 2.24) is 0 Å². The van der Waals surface area contributed by atoms with E-state index in [2.05, 4.69) is 68.4 Å². The lowest BCUT2D eigenvalue weighted by Gasteiger charge is -2.13. The van der Waals surface area contributed by atoms with Gasteiger partial charge >= 0.3 is 0 Å². The second-order valence-corrected chi connectivity index (χ2v) is 6.34. The van der Waals surface area contributed by atoms with Crippen LogP contribution in [0.15, 0.2) is 45.3 Å². The lowest BCUT2D eigenvalue weighted by molar-refractivity contribution is 0.185. The predicted octanol–water partition coefficient (Wildman–Crippen LogP) is 5.28. The zero-order valence-electron chi connectivity index (χ0n) is 11.5. The normalized spacial score (nSPS) is 10.6. The Kier molecular flexibility index (Phi) is 5.64. The molecule has 20 heavy (non-hydrogen) atoms. The number of aryl methyl sites for hydroxylation is 1. The third-order valence-electron chi connectivity index (χ3n) is 3.13. The third-order valence-corrected chi connectivity index (χ3v) is 4.72. The number of ether oxygens (including phenoxy) is 1. The number of nitrogens with one attached hydrogen (secondary N) is 1. The second kappa shape index (κ2) is 7.25. The Morgan fingerprint density at radius 1 is 1.10 bits per heavy atom. The SMILES string of the molecule is COCc1c(Br)cccc1NCc1ccc(C)c(Br)c1. The first-order valence-electron chi connectivity index (χ1n) is 6.37. The molecule has 0 atom stereocenters. The Labute approximate surface area is 136 Å². The van der Waals surface area contributed by atoms with Crippen molar-refractivity contribution in [3.63, 3.8) is 0 Å². The Bertz CT molecular complexity index is 599. The lowest BCUT2D eigenvalue weighted by atomic mass is 10.1. The average molecular weight is 399 g/mol. The summed E-state index contributed by atoms with van der Waals surface area (Å²) in [5.41, 5.74) is 4.72. The highest BCUT2D eigenvalue weighted by Gasteiger charge is 2.06. The molecule has 106 valence electrons. The second-order valence-electron chi connectivity index (χ2n) is 4.64. The van der Waals surface area contributed by atoms with Crippen LogP contribution in [0.3, 0.4) is 0 Å². The van der Waals surface area contributed by atoms with E-state index in [1.165, 1.54) is 11.1 Å². The van der Waals surface area contributed by atoms with Crippen LogP contribution in [0, 0.1) is 6.92 Å². The first-order valence-corrected chi connectivity index (χ1v) is 7.95. The minimum absolute atomic E-state index is 0.585. The summed E-state index contributed by atoms with van der Waals surface area (Å²) in [6, 6.07) is 12.5. The van der Waals surface area contributed by atoms with Crippen LogP contribution >= 0.6 is 31.9 Å². The number of halogens is 2. The van der Waals surface area contributed by atoms with E-state index < -0.39 is 0 Å². The summed E-state index contributed by atoms with van der Waals surface area (Å²) in [6.07, 6.45) is 0. The molecular formula is C16H17Br2NO. The van der Waals surface area contributed by atoms with Gasteiger partial charge in [0.1, 0.15) is 0 Å². The van der Waals surface area contributed by atoms with Crippen molar-refractivity contribution in [2.24, 2.45) is 0 Å². The van der Waals surface area contributed by atoms with Gasteiger partial charge in [0.15, 0.2) is 0 Å². The number of benzene rings is 2. The van der Waals surface area contributed by atoms with E-state index in [1.807, 2.05) is 12.1 Å². The van der Waals surface area contributed by atoms with Crippen molar-refractivity contribution in [3.8, 4) is 0 Å². The largest absolute Gasteiger partial charge is 0.381 e. The van der Waals surface area contributed by atoms with Gasteiger partial charge in [0, 0.05) is 33.9 Å². The van der Waals surface area contributed by atoms with Gasteiger partial charge in [-0.1, -0.05) is 50.1 Å². The molecule has 0 aliphatic carbocycles. The molecule has 4 heteroatoms. The molecule has 0 fully saturated rings. The van der Waals surface area contributed by atoms with Crippen molar-refractivity contribution in [1.29, 1.82) is 0 Å². The van der Waals surface area contributed by atoms with Gasteiger partial charge < -0.3 is 10.1 Å². The van der Waals surface area contributed by atoms with Crippen molar-refractivity contribution in [2.75, 3.05) is 12.4 Å². The molecule has 0 bridgehead atoms. The van der Waals surface area contributed by atoms with Gasteiger partial charge in [-0.3, -0.25) is 0 Å². The zero-order chi connectivity index (χ0) is 14.5. The molecule has 2 aromatic rings. The minimum Gasteiger partial charge on any atom is -0.381 e. The van der Waals surface area contributed by atoms with E-state index in [4.69, 9.17) is 4.74 Å². The van der Waals surface area contributed by atoms with Crippen LogP contribution in [0.4, 0.5) is 5.69 Å². The summed E-state index contributed by atoms with van der Waals surface area (Å²) in [5, 5.41) is 3.47. The molecule has 0 amide bonds. The van der Waals surface area contributed by atoms with Gasteiger partial charge in [-0.25, -0.2) is 0 Å². The maximum absolute atomic E-state index is 5.26. The molecule has 2 rings (SSSR count). The Hall–Kier alpha value is -0.840. The van der Waals surface area contributed by atoms with Gasteiger partial charge in [0.05, 0.1) is 6.61 Å². The molecule has 0 saturated heterocycles. The molecule has 0 saturated carbocycles. The highest BCUT2D eigenvalue weighted by atomic mass is 79.9. The summed E-state index contributed by atoms with van der Waals surface area (Å²) in [5.74, 6) is 0. The molecule has 0 spiro atoms. The van der Waals surface area contributed by atoms with Gasteiger partial charge in [-0.15, -0.1) is 0 Å². The number of rotatable bonds is 5. The van der Waals surface area contributed by atoms with Gasteiger partial charge in [0.25, 0.3) is 0 Å². The Balaban J connectivity index is 2.14. The van der Waals surface area contributed by atoms with E-state index in [0.29, 0.717) is 6.61 Å². The summed E-state index contributed by atoms with van der Waals surface area (Å²) in [7, 11) is 1.71. The standard InChI is InChI=1S/C16H17Br2NO/c1-11-6-7-12(8-15(11)18)9-19-16-5-3-4-14(17)13(16)10-20-2/h3-8,19H,9-10H2,1-2H3. The Morgan fingerprint density at radius 3 is 2.60 bits per heavy atom. The van der Waals surface area contributed by atoms with Crippen LogP contribution in [0.25, 0.3) is 0 Å². The smallest absolute Gasteiger partial charge is 0.0744 e. The van der Waals surface area contributed by atoms with E-state index in [1.54, 1.807) is 7.11 Å². The van der Waals surface area contributed by atoms with Gasteiger partial charge in [-0.2, -0.15) is 0 Å². The fourth-order valence-corrected chi connectivity index (χ4v) is 2.87. The third kappa shape index (κ3) is 3.84. The molecule has 0 aliphatic rings. The van der Waals surface area contributed by atoms with Crippen molar-refractivity contribution < 1.29 is 4.74 Å². The van der Waals surface area contributed by atoms with E-state index in [-0.39, 0.29) is 0 Å². The molecule has 0 aromatic heterocycles. The molecule has 0 unspecified atom stereocenters. The number of anilines is 1. The van der Waals surface area contributed by atoms with Crippen LogP contribution < -0.4 is 5.32 Å². The number of hydrogen-bond donors (Lipinski definition) is 1. The first kappa shape index (κ1) is 15.5. The summed E-state index contributed by atoms with van der Waals surface area (Å²) in [6.45, 7) is 3.46. The van der Waals surface area contributed by atoms with E-state index in [0.717, 1.165) is 26.7 Å². The van der Waals surface area contributed by atoms with Gasteiger partial charge in [0.2, 0.25) is 0 Å². The molecule has 0 heterocycles. The number of methoxy groups -OCH3 is 1. The number of hydrogen-bond acceptors (Lipinski definition) is 2. The molecule has 0 aliphatic heterocycles. The summed E-state index contributed by atoms with van der Waals surface area (Å²) in [4.78, 5) is 0. The van der Waals surface area contributed by atoms with Crippen molar-refractivity contribution >= 4 is 37.5 Å². The van der Waals surface area contributed by atoms with Crippen LogP contribution in [-0.4, -0.2) is 7.11 Å². The highest BCUT2D eigenvalue weighted by molar-refractivity contribution is 9.10. The van der Waals surface area contributed by atoms with E-state index in [9.17, 15) is 0 Å². The molecule has 2 aromatic carbocycles. The topological polar surface area (TPSA) is 21.3 Å². The maximum atomic E-state index is 5.26. The highest BCUT2D eigenvalue weighted by Crippen LogP contribution is 2.26. The van der Waals surface area contributed by atoms with Gasteiger partial charge in [-0.05, 0) is 36.2 Å². The summed E-state index contributed by atoms with van der Waals surface area (Å²) >= 11 is 7.14. The monoisotopic (exact) mass is 397 g/mol. The maximum Gasteiger partial charge on any atom is 0.0744 e. The quantitative estimate of drug-likeness (QED) is 0.739. The van der Waals surface area contributed by atoms with Crippen LogP contribution in [-0.2, 0) is 17.9 Å². The molecular weight excluding hydrogens is 382 g/mol. The minimum atomic E-state index is 0.585. The van der Waals surface area contributed by atoms with Crippen molar-refractivity contribution in [2.45, 2.75) is 20.1 Å². The fourth-order valence-electron chi connectivity index (χ4n) is 1.96. The summed E-state index contributed by atoms with van der Waals surface area (Å²) < 4.78 is 7.46. The fraction of sp³-hybridized carbons (Fsp3) is 0.250. The molecule has 1 N–H and O–H groups in total. The van der Waals surface area contributed by atoms with Crippen LogP contribution in [0.5, 0.6) is 0 Å². The van der Waals surface area contributed by atoms with E-state index >= 15 is 0 Å². The first-order chi connectivity index (χ1) is 9.61.